The van der Waals surface area contributed by atoms with Crippen molar-refractivity contribution in [1.82, 2.24) is 4.90 Å². The Hall–Kier alpha value is -1.60. The highest BCUT2D eigenvalue weighted by Gasteiger charge is 2.31. The van der Waals surface area contributed by atoms with E-state index < -0.39 is 0 Å². The molecule has 98 valence electrons. The second-order valence-corrected chi connectivity index (χ2v) is 5.34. The summed E-state index contributed by atoms with van der Waals surface area (Å²) in [6.07, 6.45) is 1.12. The number of nitrogens with zero attached hydrogens (tertiary/aromatic N) is 1. The quantitative estimate of drug-likeness (QED) is 0.766. The Morgan fingerprint density at radius 1 is 1.00 bits per heavy atom. The van der Waals surface area contributed by atoms with Gasteiger partial charge >= 0.3 is 0 Å². The Morgan fingerprint density at radius 3 is 2.42 bits per heavy atom. The summed E-state index contributed by atoms with van der Waals surface area (Å²) < 4.78 is 0. The van der Waals surface area contributed by atoms with Crippen molar-refractivity contribution < 1.29 is 0 Å². The predicted octanol–water partition coefficient (Wildman–Crippen LogP) is 4.37. The smallest absolute Gasteiger partial charge is 0.0394 e. The predicted molar refractivity (Wildman–Crippen MR) is 80.1 cm³/mol. The monoisotopic (exact) mass is 251 g/mol. The van der Waals surface area contributed by atoms with Crippen LogP contribution in [0.25, 0.3) is 0 Å². The van der Waals surface area contributed by atoms with Gasteiger partial charge in [0.15, 0.2) is 0 Å². The molecular weight excluding hydrogens is 230 g/mol. The van der Waals surface area contributed by atoms with Crippen molar-refractivity contribution >= 4 is 0 Å². The molecule has 2 atom stereocenters. The third-order valence-corrected chi connectivity index (χ3v) is 4.37. The summed E-state index contributed by atoms with van der Waals surface area (Å²) in [4.78, 5) is 2.61. The van der Waals surface area contributed by atoms with Gasteiger partial charge in [0.1, 0.15) is 0 Å². The van der Waals surface area contributed by atoms with Gasteiger partial charge in [-0.2, -0.15) is 0 Å². The van der Waals surface area contributed by atoms with Gasteiger partial charge in [0.25, 0.3) is 0 Å². The molecule has 0 saturated heterocycles. The summed E-state index contributed by atoms with van der Waals surface area (Å²) in [5.74, 6) is 0. The van der Waals surface area contributed by atoms with Gasteiger partial charge in [0.2, 0.25) is 0 Å². The Morgan fingerprint density at radius 2 is 1.68 bits per heavy atom. The molecule has 1 heterocycles. The Labute approximate surface area is 115 Å². The molecule has 3 rings (SSSR count). The zero-order chi connectivity index (χ0) is 13.2. The molecule has 2 aromatic rings. The second-order valence-electron chi connectivity index (χ2n) is 5.34. The molecular formula is C18H21N. The molecule has 0 spiro atoms. The van der Waals surface area contributed by atoms with Crippen molar-refractivity contribution in [2.45, 2.75) is 32.4 Å². The average molecular weight is 251 g/mol. The van der Waals surface area contributed by atoms with Crippen molar-refractivity contribution in [2.24, 2.45) is 0 Å². The fraction of sp³-hybridized carbons (Fsp3) is 0.333. The third kappa shape index (κ3) is 2.19. The van der Waals surface area contributed by atoms with E-state index >= 15 is 0 Å². The normalized spacial score (nSPS) is 23.1. The van der Waals surface area contributed by atoms with E-state index in [9.17, 15) is 0 Å². The van der Waals surface area contributed by atoms with Crippen LogP contribution in [0.1, 0.15) is 42.6 Å². The highest BCUT2D eigenvalue weighted by molar-refractivity contribution is 5.35. The van der Waals surface area contributed by atoms with Crippen LogP contribution in [0.3, 0.4) is 0 Å². The molecule has 0 N–H and O–H groups in total. The van der Waals surface area contributed by atoms with Crippen LogP contribution in [0, 0.1) is 0 Å². The molecule has 0 amide bonds. The minimum absolute atomic E-state index is 0.500. The molecule has 0 bridgehead atoms. The van der Waals surface area contributed by atoms with E-state index in [1.54, 1.807) is 0 Å². The topological polar surface area (TPSA) is 3.24 Å². The second kappa shape index (κ2) is 5.18. The fourth-order valence-electron chi connectivity index (χ4n) is 3.38. The first-order valence-corrected chi connectivity index (χ1v) is 7.19. The number of hydrogen-bond acceptors (Lipinski definition) is 1. The van der Waals surface area contributed by atoms with E-state index in [1.165, 1.54) is 16.7 Å². The van der Waals surface area contributed by atoms with Gasteiger partial charge in [-0.1, -0.05) is 61.5 Å². The first-order chi connectivity index (χ1) is 9.31. The molecule has 1 aliphatic heterocycles. The molecule has 2 aromatic carbocycles. The zero-order valence-corrected chi connectivity index (χ0v) is 11.7. The molecule has 0 radical (unpaired) electrons. The highest BCUT2D eigenvalue weighted by Crippen LogP contribution is 2.39. The standard InChI is InChI=1S/C18H21N/c1-3-19-14(2)17-12-8-7-11-16(17)13-18(19)15-9-5-4-6-10-15/h4-12,14,18H,3,13H2,1-2H3. The van der Waals surface area contributed by atoms with Gasteiger partial charge in [-0.05, 0) is 36.6 Å². The lowest BCUT2D eigenvalue weighted by atomic mass is 9.86. The number of rotatable bonds is 2. The third-order valence-electron chi connectivity index (χ3n) is 4.37. The van der Waals surface area contributed by atoms with E-state index in [4.69, 9.17) is 0 Å². The molecule has 1 heteroatoms. The average Bonchev–Trinajstić information content (AvgIpc) is 2.48. The maximum absolute atomic E-state index is 2.61. The van der Waals surface area contributed by atoms with Crippen LogP contribution in [-0.2, 0) is 6.42 Å². The number of likely N-dealkylation sites (N-methyl/N-ethyl adjacent to an activating group) is 1. The Bertz CT molecular complexity index is 547. The van der Waals surface area contributed by atoms with E-state index in [1.807, 2.05) is 0 Å². The SMILES string of the molecule is CCN1C(C)c2ccccc2CC1c1ccccc1. The molecule has 2 unspecified atom stereocenters. The Kier molecular flexibility index (Phi) is 3.39. The van der Waals surface area contributed by atoms with Crippen LogP contribution in [0.2, 0.25) is 0 Å². The molecule has 0 aliphatic carbocycles. The van der Waals surface area contributed by atoms with Gasteiger partial charge < -0.3 is 0 Å². The molecule has 0 aromatic heterocycles. The van der Waals surface area contributed by atoms with Crippen molar-refractivity contribution in [1.29, 1.82) is 0 Å². The van der Waals surface area contributed by atoms with E-state index in [0.717, 1.165) is 13.0 Å². The zero-order valence-electron chi connectivity index (χ0n) is 11.7. The lowest BCUT2D eigenvalue weighted by Gasteiger charge is -2.41. The van der Waals surface area contributed by atoms with Gasteiger partial charge in [-0.3, -0.25) is 4.90 Å². The maximum atomic E-state index is 2.61. The number of benzene rings is 2. The summed E-state index contributed by atoms with van der Waals surface area (Å²) in [6.45, 7) is 5.69. The minimum atomic E-state index is 0.500. The molecule has 0 fully saturated rings. The van der Waals surface area contributed by atoms with Gasteiger partial charge in [0.05, 0.1) is 0 Å². The van der Waals surface area contributed by atoms with Gasteiger partial charge in [-0.25, -0.2) is 0 Å². The first-order valence-electron chi connectivity index (χ1n) is 7.19. The highest BCUT2D eigenvalue weighted by atomic mass is 15.2. The van der Waals surface area contributed by atoms with Crippen LogP contribution >= 0.6 is 0 Å². The fourth-order valence-corrected chi connectivity index (χ4v) is 3.38. The van der Waals surface area contributed by atoms with Crippen LogP contribution in [0.5, 0.6) is 0 Å². The minimum Gasteiger partial charge on any atom is -0.290 e. The van der Waals surface area contributed by atoms with Crippen LogP contribution < -0.4 is 0 Å². The lowest BCUT2D eigenvalue weighted by Crippen LogP contribution is -2.36. The summed E-state index contributed by atoms with van der Waals surface area (Å²) in [6, 6.07) is 20.8. The first kappa shape index (κ1) is 12.4. The van der Waals surface area contributed by atoms with E-state index in [0.29, 0.717) is 12.1 Å². The number of fused-ring (bicyclic) bond motifs is 1. The Balaban J connectivity index is 2.03. The van der Waals surface area contributed by atoms with Crippen LogP contribution in [-0.4, -0.2) is 11.4 Å². The molecule has 0 saturated carbocycles. The van der Waals surface area contributed by atoms with Gasteiger partial charge in [0, 0.05) is 12.1 Å². The summed E-state index contributed by atoms with van der Waals surface area (Å²) in [5, 5.41) is 0. The molecule has 1 nitrogen and oxygen atoms in total. The molecule has 19 heavy (non-hydrogen) atoms. The summed E-state index contributed by atoms with van der Waals surface area (Å²) in [5.41, 5.74) is 4.44. The van der Waals surface area contributed by atoms with Crippen LogP contribution in [0.4, 0.5) is 0 Å². The van der Waals surface area contributed by atoms with Crippen LogP contribution in [0.15, 0.2) is 54.6 Å². The molecule has 1 aliphatic rings. The summed E-state index contributed by atoms with van der Waals surface area (Å²) in [7, 11) is 0. The van der Waals surface area contributed by atoms with E-state index in [2.05, 4.69) is 73.3 Å². The summed E-state index contributed by atoms with van der Waals surface area (Å²) >= 11 is 0. The van der Waals surface area contributed by atoms with E-state index in [-0.39, 0.29) is 0 Å². The van der Waals surface area contributed by atoms with Crippen molar-refractivity contribution in [2.75, 3.05) is 6.54 Å². The number of hydrogen-bond donors (Lipinski definition) is 0. The van der Waals surface area contributed by atoms with Gasteiger partial charge in [-0.15, -0.1) is 0 Å². The van der Waals surface area contributed by atoms with Crippen molar-refractivity contribution in [3.05, 3.63) is 71.3 Å². The lowest BCUT2D eigenvalue weighted by molar-refractivity contribution is 0.135. The van der Waals surface area contributed by atoms with Crippen molar-refractivity contribution in [3.8, 4) is 0 Å². The largest absolute Gasteiger partial charge is 0.290 e. The maximum Gasteiger partial charge on any atom is 0.0394 e. The van der Waals surface area contributed by atoms with Crippen molar-refractivity contribution in [3.63, 3.8) is 0 Å².